The van der Waals surface area contributed by atoms with E-state index in [9.17, 15) is 0 Å². The summed E-state index contributed by atoms with van der Waals surface area (Å²) in [6.45, 7) is 0. The molecule has 54 heavy (non-hydrogen) atoms. The molecule has 0 spiro atoms. The van der Waals surface area contributed by atoms with Crippen LogP contribution in [-0.4, -0.2) is 19.1 Å². The Morgan fingerprint density at radius 1 is 0.333 bits per heavy atom. The molecule has 4 heteroatoms. The predicted octanol–water partition coefficient (Wildman–Crippen LogP) is 12.8. The Labute approximate surface area is 311 Å². The molecule has 0 unspecified atom stereocenters. The summed E-state index contributed by atoms with van der Waals surface area (Å²) in [5, 5.41) is 7.10. The third-order valence-corrected chi connectivity index (χ3v) is 10.7. The number of hydrogen-bond donors (Lipinski definition) is 0. The quantitative estimate of drug-likeness (QED) is 0.169. The summed E-state index contributed by atoms with van der Waals surface area (Å²) >= 11 is 0. The summed E-state index contributed by atoms with van der Waals surface area (Å²) in [5.74, 6) is 1.83. The largest absolute Gasteiger partial charge is 0.292 e. The highest BCUT2D eigenvalue weighted by atomic mass is 15.1. The van der Waals surface area contributed by atoms with Crippen molar-refractivity contribution in [2.45, 2.75) is 0 Å². The first-order chi connectivity index (χ1) is 26.8. The fourth-order valence-corrected chi connectivity index (χ4v) is 8.36. The van der Waals surface area contributed by atoms with Crippen molar-refractivity contribution in [2.75, 3.05) is 0 Å². The minimum atomic E-state index is 0.913. The summed E-state index contributed by atoms with van der Waals surface area (Å²) in [6, 6.07) is 69.2. The van der Waals surface area contributed by atoms with E-state index in [4.69, 9.17) is 9.97 Å². The van der Waals surface area contributed by atoms with Gasteiger partial charge in [-0.25, -0.2) is 9.97 Å². The topological polar surface area (TPSA) is 35.6 Å². The van der Waals surface area contributed by atoms with Crippen LogP contribution in [0.1, 0.15) is 0 Å². The molecule has 0 N–H and O–H groups in total. The lowest BCUT2D eigenvalue weighted by Crippen LogP contribution is -2.02. The fraction of sp³-hybridized carbons (Fsp3) is 0. The molecule has 0 radical (unpaired) electrons. The Balaban J connectivity index is 1.32. The standard InChI is InChI=1S/C50H32N4/c1-3-17-34(18-4-1)49-51-42-26-9-11-28-46(42)53(49)44-30-14-24-38-40(44)32-41-39(48(38)37-23-13-21-33-16-7-8-22-36(33)37)25-15-31-45(41)54-47-29-12-10-27-43(47)52-50(54)35-19-5-2-6-20-35/h1-32H. The van der Waals surface area contributed by atoms with Crippen LogP contribution in [0, 0.1) is 0 Å². The zero-order valence-corrected chi connectivity index (χ0v) is 29.3. The molecule has 252 valence electrons. The van der Waals surface area contributed by atoms with Gasteiger partial charge >= 0.3 is 0 Å². The van der Waals surface area contributed by atoms with Gasteiger partial charge in [-0.15, -0.1) is 0 Å². The highest BCUT2D eigenvalue weighted by Gasteiger charge is 2.22. The zero-order chi connectivity index (χ0) is 35.6. The van der Waals surface area contributed by atoms with Crippen LogP contribution in [0.5, 0.6) is 0 Å². The van der Waals surface area contributed by atoms with Gasteiger partial charge in [-0.05, 0) is 75.1 Å². The molecule has 0 amide bonds. The van der Waals surface area contributed by atoms with Crippen LogP contribution >= 0.6 is 0 Å². The third-order valence-electron chi connectivity index (χ3n) is 10.7. The van der Waals surface area contributed by atoms with Gasteiger partial charge in [-0.2, -0.15) is 0 Å². The highest BCUT2D eigenvalue weighted by Crippen LogP contribution is 2.44. The number of fused-ring (bicyclic) bond motifs is 5. The second-order valence-corrected chi connectivity index (χ2v) is 13.8. The number of benzene rings is 9. The number of aromatic nitrogens is 4. The number of nitrogens with zero attached hydrogens (tertiary/aromatic N) is 4. The Hall–Kier alpha value is -7.30. The molecule has 11 aromatic rings. The lowest BCUT2D eigenvalue weighted by atomic mass is 9.88. The molecule has 0 atom stereocenters. The van der Waals surface area contributed by atoms with E-state index < -0.39 is 0 Å². The van der Waals surface area contributed by atoms with E-state index in [0.29, 0.717) is 0 Å². The molecule has 2 aromatic heterocycles. The van der Waals surface area contributed by atoms with Crippen molar-refractivity contribution in [3.63, 3.8) is 0 Å². The monoisotopic (exact) mass is 688 g/mol. The Morgan fingerprint density at radius 2 is 0.778 bits per heavy atom. The van der Waals surface area contributed by atoms with Crippen molar-refractivity contribution < 1.29 is 0 Å². The summed E-state index contributed by atoms with van der Waals surface area (Å²) in [7, 11) is 0. The molecule has 2 heterocycles. The van der Waals surface area contributed by atoms with Gasteiger partial charge < -0.3 is 0 Å². The smallest absolute Gasteiger partial charge is 0.145 e. The summed E-state index contributed by atoms with van der Waals surface area (Å²) in [4.78, 5) is 10.5. The van der Waals surface area contributed by atoms with Crippen LogP contribution in [0.2, 0.25) is 0 Å². The normalized spacial score (nSPS) is 11.7. The molecule has 4 nitrogen and oxygen atoms in total. The van der Waals surface area contributed by atoms with Gasteiger partial charge in [0.15, 0.2) is 0 Å². The Bertz CT molecular complexity index is 3030. The van der Waals surface area contributed by atoms with Crippen LogP contribution in [0.25, 0.3) is 99.7 Å². The number of rotatable bonds is 5. The average Bonchev–Trinajstić information content (AvgIpc) is 3.82. The predicted molar refractivity (Wildman–Crippen MR) is 225 cm³/mol. The van der Waals surface area contributed by atoms with Gasteiger partial charge in [0, 0.05) is 21.9 Å². The van der Waals surface area contributed by atoms with E-state index in [-0.39, 0.29) is 0 Å². The maximum atomic E-state index is 5.24. The zero-order valence-electron chi connectivity index (χ0n) is 29.3. The molecule has 0 saturated carbocycles. The lowest BCUT2D eigenvalue weighted by Gasteiger charge is -2.20. The van der Waals surface area contributed by atoms with Crippen molar-refractivity contribution in [3.05, 3.63) is 194 Å². The van der Waals surface area contributed by atoms with E-state index in [1.165, 1.54) is 32.7 Å². The first-order valence-electron chi connectivity index (χ1n) is 18.3. The second-order valence-electron chi connectivity index (χ2n) is 13.8. The maximum absolute atomic E-state index is 5.24. The molecule has 0 saturated heterocycles. The minimum absolute atomic E-state index is 0.913. The van der Waals surface area contributed by atoms with Crippen molar-refractivity contribution >= 4 is 54.4 Å². The van der Waals surface area contributed by atoms with Crippen LogP contribution in [-0.2, 0) is 0 Å². The summed E-state index contributed by atoms with van der Waals surface area (Å²) in [6.07, 6.45) is 0. The molecule has 0 bridgehead atoms. The SMILES string of the molecule is c1ccc(-c2nc3ccccc3n2-c2cccc3c(-c4cccc5ccccc45)c4cccc(-n5c(-c6ccccc6)nc6ccccc65)c4cc23)cc1. The minimum Gasteiger partial charge on any atom is -0.292 e. The lowest BCUT2D eigenvalue weighted by molar-refractivity contribution is 1.11. The van der Waals surface area contributed by atoms with Crippen LogP contribution in [0.3, 0.4) is 0 Å². The van der Waals surface area contributed by atoms with Gasteiger partial charge in [0.2, 0.25) is 0 Å². The van der Waals surface area contributed by atoms with Crippen molar-refractivity contribution in [1.82, 2.24) is 19.1 Å². The van der Waals surface area contributed by atoms with Crippen molar-refractivity contribution in [2.24, 2.45) is 0 Å². The van der Waals surface area contributed by atoms with Gasteiger partial charge in [-0.3, -0.25) is 9.13 Å². The van der Waals surface area contributed by atoms with Crippen molar-refractivity contribution in [1.29, 1.82) is 0 Å². The van der Waals surface area contributed by atoms with Crippen LogP contribution < -0.4 is 0 Å². The molecule has 0 aliphatic heterocycles. The van der Waals surface area contributed by atoms with E-state index in [1.807, 2.05) is 0 Å². The van der Waals surface area contributed by atoms with E-state index in [2.05, 4.69) is 203 Å². The molecular formula is C50H32N4. The molecule has 9 aromatic carbocycles. The van der Waals surface area contributed by atoms with Crippen LogP contribution in [0.15, 0.2) is 194 Å². The molecule has 0 aliphatic rings. The highest BCUT2D eigenvalue weighted by molar-refractivity contribution is 6.20. The Kier molecular flexibility index (Phi) is 6.82. The van der Waals surface area contributed by atoms with E-state index in [1.54, 1.807) is 0 Å². The van der Waals surface area contributed by atoms with Crippen molar-refractivity contribution in [3.8, 4) is 45.3 Å². The molecule has 11 rings (SSSR count). The second kappa shape index (κ2) is 12.1. The number of imidazole rings is 2. The summed E-state index contributed by atoms with van der Waals surface area (Å²) < 4.78 is 4.69. The first kappa shape index (κ1) is 30.3. The summed E-state index contributed by atoms with van der Waals surface area (Å²) in [5.41, 5.74) is 10.8. The van der Waals surface area contributed by atoms with Crippen LogP contribution in [0.4, 0.5) is 0 Å². The maximum Gasteiger partial charge on any atom is 0.145 e. The van der Waals surface area contributed by atoms with E-state index >= 15 is 0 Å². The molecule has 0 aliphatic carbocycles. The average molecular weight is 689 g/mol. The fourth-order valence-electron chi connectivity index (χ4n) is 8.36. The number of hydrogen-bond acceptors (Lipinski definition) is 2. The van der Waals surface area contributed by atoms with Gasteiger partial charge in [0.1, 0.15) is 11.6 Å². The Morgan fingerprint density at radius 3 is 1.35 bits per heavy atom. The van der Waals surface area contributed by atoms with Gasteiger partial charge in [0.05, 0.1) is 33.4 Å². The number of para-hydroxylation sites is 4. The third kappa shape index (κ3) is 4.64. The first-order valence-corrected chi connectivity index (χ1v) is 18.3. The van der Waals surface area contributed by atoms with E-state index in [0.717, 1.165) is 67.0 Å². The van der Waals surface area contributed by atoms with Gasteiger partial charge in [-0.1, -0.05) is 152 Å². The molecule has 0 fully saturated rings. The van der Waals surface area contributed by atoms with Gasteiger partial charge in [0.25, 0.3) is 0 Å². The molecular weight excluding hydrogens is 657 g/mol.